The van der Waals surface area contributed by atoms with Crippen LogP contribution in [-0.4, -0.2) is 40.7 Å². The first-order valence-corrected chi connectivity index (χ1v) is 8.31. The first-order valence-electron chi connectivity index (χ1n) is 7.43. The number of aliphatic hydroxyl groups excluding tert-OH is 1. The molecule has 2 heterocycles. The van der Waals surface area contributed by atoms with E-state index in [1.165, 1.54) is 0 Å². The molecule has 1 fully saturated rings. The molecule has 2 amide bonds. The standard InChI is InChI=1S/C15H25N3O2S/c1-10(13-17-12(9-21-13)15(2,3)4)16-14(20)18-6-5-11(7-18)8-19/h9-11,19H,5-8H2,1-4H3,(H,16,20). The van der Waals surface area contributed by atoms with Crippen LogP contribution in [0.15, 0.2) is 5.38 Å². The van der Waals surface area contributed by atoms with Crippen molar-refractivity contribution >= 4 is 17.4 Å². The number of aliphatic hydroxyl groups is 1. The third-order valence-corrected chi connectivity index (χ3v) is 4.86. The number of hydrogen-bond acceptors (Lipinski definition) is 4. The highest BCUT2D eigenvalue weighted by molar-refractivity contribution is 7.09. The van der Waals surface area contributed by atoms with E-state index >= 15 is 0 Å². The van der Waals surface area contributed by atoms with Gasteiger partial charge in [-0.25, -0.2) is 9.78 Å². The predicted molar refractivity (Wildman–Crippen MR) is 84.5 cm³/mol. The van der Waals surface area contributed by atoms with Gasteiger partial charge in [0.05, 0.1) is 11.7 Å². The van der Waals surface area contributed by atoms with Gasteiger partial charge in [0, 0.05) is 36.4 Å². The minimum Gasteiger partial charge on any atom is -0.396 e. The van der Waals surface area contributed by atoms with Gasteiger partial charge in [0.2, 0.25) is 0 Å². The second-order valence-electron chi connectivity index (χ2n) is 6.78. The van der Waals surface area contributed by atoms with Crippen LogP contribution in [0.25, 0.3) is 0 Å². The molecule has 1 aromatic heterocycles. The second-order valence-corrected chi connectivity index (χ2v) is 7.67. The molecule has 6 heteroatoms. The fourth-order valence-electron chi connectivity index (χ4n) is 2.34. The SMILES string of the molecule is CC(NC(=O)N1CCC(CO)C1)c1nc(C(C)(C)C)cs1. The summed E-state index contributed by atoms with van der Waals surface area (Å²) in [6.45, 7) is 9.87. The van der Waals surface area contributed by atoms with E-state index < -0.39 is 0 Å². The van der Waals surface area contributed by atoms with Crippen molar-refractivity contribution in [2.24, 2.45) is 5.92 Å². The molecule has 1 saturated heterocycles. The first-order chi connectivity index (χ1) is 9.81. The van der Waals surface area contributed by atoms with Crippen LogP contribution in [0, 0.1) is 5.92 Å². The van der Waals surface area contributed by atoms with Crippen LogP contribution in [0.2, 0.25) is 0 Å². The van der Waals surface area contributed by atoms with Crippen LogP contribution in [0.5, 0.6) is 0 Å². The van der Waals surface area contributed by atoms with Crippen molar-refractivity contribution in [3.8, 4) is 0 Å². The fraction of sp³-hybridized carbons (Fsp3) is 0.733. The number of nitrogens with zero attached hydrogens (tertiary/aromatic N) is 2. The highest BCUT2D eigenvalue weighted by atomic mass is 32.1. The smallest absolute Gasteiger partial charge is 0.317 e. The largest absolute Gasteiger partial charge is 0.396 e. The van der Waals surface area contributed by atoms with Crippen molar-refractivity contribution in [1.29, 1.82) is 0 Å². The van der Waals surface area contributed by atoms with E-state index in [-0.39, 0.29) is 30.0 Å². The summed E-state index contributed by atoms with van der Waals surface area (Å²) in [7, 11) is 0. The van der Waals surface area contributed by atoms with Gasteiger partial charge in [-0.1, -0.05) is 20.8 Å². The van der Waals surface area contributed by atoms with Gasteiger partial charge >= 0.3 is 6.03 Å². The molecule has 2 atom stereocenters. The van der Waals surface area contributed by atoms with Crippen LogP contribution >= 0.6 is 11.3 Å². The van der Waals surface area contributed by atoms with Gasteiger partial charge < -0.3 is 15.3 Å². The van der Waals surface area contributed by atoms with Crippen LogP contribution in [0.1, 0.15) is 50.9 Å². The monoisotopic (exact) mass is 311 g/mol. The van der Waals surface area contributed by atoms with Gasteiger partial charge in [0.1, 0.15) is 5.01 Å². The summed E-state index contributed by atoms with van der Waals surface area (Å²) in [6.07, 6.45) is 0.879. The minimum absolute atomic E-state index is 0.0295. The summed E-state index contributed by atoms with van der Waals surface area (Å²) in [5.41, 5.74) is 1.09. The summed E-state index contributed by atoms with van der Waals surface area (Å²) in [4.78, 5) is 18.6. The molecule has 0 aliphatic carbocycles. The molecule has 0 radical (unpaired) electrons. The van der Waals surface area contributed by atoms with E-state index in [1.807, 2.05) is 6.92 Å². The van der Waals surface area contributed by atoms with Crippen LogP contribution in [0.3, 0.4) is 0 Å². The van der Waals surface area contributed by atoms with Crippen LogP contribution < -0.4 is 5.32 Å². The van der Waals surface area contributed by atoms with Crippen LogP contribution in [-0.2, 0) is 5.41 Å². The van der Waals surface area contributed by atoms with Gasteiger partial charge in [-0.3, -0.25) is 0 Å². The van der Waals surface area contributed by atoms with Crippen molar-refractivity contribution in [3.63, 3.8) is 0 Å². The first kappa shape index (κ1) is 16.2. The lowest BCUT2D eigenvalue weighted by molar-refractivity contribution is 0.195. The summed E-state index contributed by atoms with van der Waals surface area (Å²) >= 11 is 1.59. The molecule has 2 unspecified atom stereocenters. The van der Waals surface area contributed by atoms with E-state index in [0.717, 1.165) is 23.7 Å². The quantitative estimate of drug-likeness (QED) is 0.901. The number of carbonyl (C=O) groups is 1. The number of thiazole rings is 1. The number of hydrogen-bond donors (Lipinski definition) is 2. The number of carbonyl (C=O) groups excluding carboxylic acids is 1. The lowest BCUT2D eigenvalue weighted by atomic mass is 9.93. The Morgan fingerprint density at radius 1 is 1.62 bits per heavy atom. The highest BCUT2D eigenvalue weighted by Gasteiger charge is 2.27. The Morgan fingerprint density at radius 2 is 2.33 bits per heavy atom. The molecule has 21 heavy (non-hydrogen) atoms. The topological polar surface area (TPSA) is 65.5 Å². The lowest BCUT2D eigenvalue weighted by Crippen LogP contribution is -2.39. The molecular weight excluding hydrogens is 286 g/mol. The average Bonchev–Trinajstić information content (AvgIpc) is 3.07. The molecule has 0 aromatic carbocycles. The average molecular weight is 311 g/mol. The molecular formula is C15H25N3O2S. The predicted octanol–water partition coefficient (Wildman–Crippen LogP) is 2.53. The Balaban J connectivity index is 1.93. The van der Waals surface area contributed by atoms with E-state index in [4.69, 9.17) is 5.11 Å². The van der Waals surface area contributed by atoms with Crippen molar-refractivity contribution in [2.75, 3.05) is 19.7 Å². The summed E-state index contributed by atoms with van der Waals surface area (Å²) < 4.78 is 0. The normalized spacial score (nSPS) is 20.6. The molecule has 5 nitrogen and oxygen atoms in total. The molecule has 1 aliphatic rings. The summed E-state index contributed by atoms with van der Waals surface area (Å²) in [5, 5.41) is 15.1. The number of aromatic nitrogens is 1. The Morgan fingerprint density at radius 3 is 2.86 bits per heavy atom. The lowest BCUT2D eigenvalue weighted by Gasteiger charge is -2.20. The molecule has 0 bridgehead atoms. The second kappa shape index (κ2) is 6.32. The number of nitrogens with one attached hydrogen (secondary N) is 1. The molecule has 1 aliphatic heterocycles. The van der Waals surface area contributed by atoms with E-state index in [9.17, 15) is 4.79 Å². The van der Waals surface area contributed by atoms with Gasteiger partial charge in [-0.2, -0.15) is 0 Å². The molecule has 2 rings (SSSR count). The number of rotatable bonds is 3. The van der Waals surface area contributed by atoms with Gasteiger partial charge in [-0.05, 0) is 13.3 Å². The third-order valence-electron chi connectivity index (χ3n) is 3.83. The maximum absolute atomic E-state index is 12.2. The zero-order valence-corrected chi connectivity index (χ0v) is 14.0. The molecule has 0 spiro atoms. The molecule has 1 aromatic rings. The Hall–Kier alpha value is -1.14. The number of likely N-dealkylation sites (tertiary alicyclic amines) is 1. The maximum Gasteiger partial charge on any atom is 0.317 e. The highest BCUT2D eigenvalue weighted by Crippen LogP contribution is 2.27. The van der Waals surface area contributed by atoms with Crippen LogP contribution in [0.4, 0.5) is 4.79 Å². The van der Waals surface area contributed by atoms with Crippen molar-refractivity contribution < 1.29 is 9.90 Å². The molecule has 118 valence electrons. The van der Waals surface area contributed by atoms with Gasteiger partial charge in [0.15, 0.2) is 0 Å². The van der Waals surface area contributed by atoms with E-state index in [1.54, 1.807) is 16.2 Å². The minimum atomic E-state index is -0.0909. The third kappa shape index (κ3) is 3.95. The van der Waals surface area contributed by atoms with E-state index in [0.29, 0.717) is 6.54 Å². The number of amides is 2. The fourth-order valence-corrected chi connectivity index (χ4v) is 3.39. The number of urea groups is 1. The zero-order chi connectivity index (χ0) is 15.6. The van der Waals surface area contributed by atoms with Crippen molar-refractivity contribution in [1.82, 2.24) is 15.2 Å². The molecule has 2 N–H and O–H groups in total. The van der Waals surface area contributed by atoms with Crippen molar-refractivity contribution in [3.05, 3.63) is 16.1 Å². The Bertz CT molecular complexity index is 495. The molecule has 0 saturated carbocycles. The van der Waals surface area contributed by atoms with E-state index in [2.05, 4.69) is 36.5 Å². The summed E-state index contributed by atoms with van der Waals surface area (Å²) in [5.74, 6) is 0.221. The van der Waals surface area contributed by atoms with Crippen molar-refractivity contribution in [2.45, 2.75) is 45.6 Å². The Kier molecular flexibility index (Phi) is 4.88. The zero-order valence-electron chi connectivity index (χ0n) is 13.2. The summed E-state index contributed by atoms with van der Waals surface area (Å²) in [6, 6.07) is -0.155. The Labute approximate surface area is 130 Å². The van der Waals surface area contributed by atoms with Gasteiger partial charge in [-0.15, -0.1) is 11.3 Å². The maximum atomic E-state index is 12.2. The van der Waals surface area contributed by atoms with Gasteiger partial charge in [0.25, 0.3) is 0 Å².